The van der Waals surface area contributed by atoms with E-state index in [1.54, 1.807) is 4.90 Å². The average molecular weight is 338 g/mol. The van der Waals surface area contributed by atoms with Gasteiger partial charge in [0.05, 0.1) is 6.54 Å². The summed E-state index contributed by atoms with van der Waals surface area (Å²) in [6.45, 7) is 3.01. The quantitative estimate of drug-likeness (QED) is 0.825. The van der Waals surface area contributed by atoms with Gasteiger partial charge in [0, 0.05) is 25.4 Å². The molecule has 128 valence electrons. The van der Waals surface area contributed by atoms with Gasteiger partial charge in [0.15, 0.2) is 6.61 Å². The summed E-state index contributed by atoms with van der Waals surface area (Å²) in [6.07, 6.45) is 3.39. The van der Waals surface area contributed by atoms with Crippen LogP contribution >= 0.6 is 0 Å². The Morgan fingerprint density at radius 3 is 2.84 bits per heavy atom. The molecule has 7 heteroatoms. The van der Waals surface area contributed by atoms with Crippen molar-refractivity contribution >= 4 is 5.91 Å². The monoisotopic (exact) mass is 338 g/mol. The van der Waals surface area contributed by atoms with Crippen LogP contribution in [0.25, 0.3) is 0 Å². The molecule has 2 aromatic rings. The molecule has 1 fully saturated rings. The molecule has 1 aromatic heterocycles. The molecule has 7 nitrogen and oxygen atoms in total. The van der Waals surface area contributed by atoms with Crippen molar-refractivity contribution in [3.8, 4) is 17.7 Å². The number of aryl methyl sites for hydroxylation is 1. The Balaban J connectivity index is 1.51. The summed E-state index contributed by atoms with van der Waals surface area (Å²) in [6, 6.07) is 9.51. The third-order valence-electron chi connectivity index (χ3n) is 3.93. The first kappa shape index (κ1) is 16.7. The average Bonchev–Trinajstić information content (AvgIpc) is 3.10. The van der Waals surface area contributed by atoms with Crippen molar-refractivity contribution < 1.29 is 14.3 Å². The summed E-state index contributed by atoms with van der Waals surface area (Å²) in [5, 5.41) is 9.01. The number of amides is 1. The molecule has 0 radical (unpaired) electrons. The Morgan fingerprint density at radius 2 is 2.08 bits per heavy atom. The largest absolute Gasteiger partial charge is 0.484 e. The van der Waals surface area contributed by atoms with E-state index in [4.69, 9.17) is 14.7 Å². The molecule has 1 atom stereocenters. The van der Waals surface area contributed by atoms with Gasteiger partial charge in [-0.15, -0.1) is 0 Å². The SMILES string of the molecule is Cc1ccc(OCC(=O)N2CCC(Oc3nccnc3C#N)C2)cc1. The number of benzene rings is 1. The third kappa shape index (κ3) is 4.23. The van der Waals surface area contributed by atoms with E-state index in [1.165, 1.54) is 12.4 Å². The van der Waals surface area contributed by atoms with Crippen molar-refractivity contribution in [1.82, 2.24) is 14.9 Å². The van der Waals surface area contributed by atoms with Crippen molar-refractivity contribution in [3.63, 3.8) is 0 Å². The molecule has 0 aliphatic carbocycles. The number of aromatic nitrogens is 2. The van der Waals surface area contributed by atoms with Crippen LogP contribution in [0.2, 0.25) is 0 Å². The van der Waals surface area contributed by atoms with Gasteiger partial charge in [-0.25, -0.2) is 9.97 Å². The zero-order valence-corrected chi connectivity index (χ0v) is 13.9. The second-order valence-corrected chi connectivity index (χ2v) is 5.79. The fourth-order valence-electron chi connectivity index (χ4n) is 2.57. The lowest BCUT2D eigenvalue weighted by atomic mass is 10.2. The number of carbonyl (C=O) groups is 1. The second kappa shape index (κ2) is 7.62. The van der Waals surface area contributed by atoms with Crippen LogP contribution in [0.15, 0.2) is 36.7 Å². The van der Waals surface area contributed by atoms with Crippen LogP contribution in [0.3, 0.4) is 0 Å². The van der Waals surface area contributed by atoms with E-state index < -0.39 is 0 Å². The van der Waals surface area contributed by atoms with Crippen LogP contribution in [0, 0.1) is 18.3 Å². The molecule has 1 aromatic carbocycles. The van der Waals surface area contributed by atoms with Crippen LogP contribution in [-0.2, 0) is 4.79 Å². The van der Waals surface area contributed by atoms with Gasteiger partial charge in [-0.05, 0) is 19.1 Å². The molecule has 0 saturated carbocycles. The molecule has 0 N–H and O–H groups in total. The van der Waals surface area contributed by atoms with Crippen molar-refractivity contribution in [2.45, 2.75) is 19.4 Å². The lowest BCUT2D eigenvalue weighted by Gasteiger charge is -2.17. The summed E-state index contributed by atoms with van der Waals surface area (Å²) in [7, 11) is 0. The molecule has 1 unspecified atom stereocenters. The summed E-state index contributed by atoms with van der Waals surface area (Å²) in [5.41, 5.74) is 1.29. The lowest BCUT2D eigenvalue weighted by Crippen LogP contribution is -2.34. The van der Waals surface area contributed by atoms with E-state index in [0.717, 1.165) is 5.56 Å². The Morgan fingerprint density at radius 1 is 1.32 bits per heavy atom. The fraction of sp³-hybridized carbons (Fsp3) is 0.333. The first-order valence-corrected chi connectivity index (χ1v) is 8.00. The van der Waals surface area contributed by atoms with Crippen LogP contribution in [0.5, 0.6) is 11.6 Å². The number of nitriles is 1. The number of ether oxygens (including phenoxy) is 2. The highest BCUT2D eigenvalue weighted by atomic mass is 16.5. The molecule has 1 aliphatic rings. The minimum Gasteiger partial charge on any atom is -0.484 e. The highest BCUT2D eigenvalue weighted by Crippen LogP contribution is 2.19. The number of carbonyl (C=O) groups excluding carboxylic acids is 1. The normalized spacial score (nSPS) is 16.3. The van der Waals surface area contributed by atoms with Crippen LogP contribution in [0.4, 0.5) is 0 Å². The predicted octanol–water partition coefficient (Wildman–Crippen LogP) is 1.72. The second-order valence-electron chi connectivity index (χ2n) is 5.79. The van der Waals surface area contributed by atoms with Crippen molar-refractivity contribution in [1.29, 1.82) is 5.26 Å². The maximum absolute atomic E-state index is 12.3. The molecule has 3 rings (SSSR count). The Bertz CT molecular complexity index is 786. The highest BCUT2D eigenvalue weighted by molar-refractivity contribution is 5.78. The fourth-order valence-corrected chi connectivity index (χ4v) is 2.57. The van der Waals surface area contributed by atoms with Gasteiger partial charge < -0.3 is 14.4 Å². The third-order valence-corrected chi connectivity index (χ3v) is 3.93. The zero-order chi connectivity index (χ0) is 17.6. The number of nitrogens with zero attached hydrogens (tertiary/aromatic N) is 4. The molecule has 0 bridgehead atoms. The van der Waals surface area contributed by atoms with Gasteiger partial charge in [0.1, 0.15) is 17.9 Å². The van der Waals surface area contributed by atoms with Crippen molar-refractivity contribution in [3.05, 3.63) is 47.9 Å². The molecule has 25 heavy (non-hydrogen) atoms. The Labute approximate surface area is 145 Å². The topological polar surface area (TPSA) is 88.3 Å². The van der Waals surface area contributed by atoms with Crippen LogP contribution < -0.4 is 9.47 Å². The van der Waals surface area contributed by atoms with Crippen LogP contribution in [0.1, 0.15) is 17.7 Å². The summed E-state index contributed by atoms with van der Waals surface area (Å²) < 4.78 is 11.3. The summed E-state index contributed by atoms with van der Waals surface area (Å²) in [4.78, 5) is 21.9. The van der Waals surface area contributed by atoms with Crippen molar-refractivity contribution in [2.24, 2.45) is 0 Å². The van der Waals surface area contributed by atoms with Crippen molar-refractivity contribution in [2.75, 3.05) is 19.7 Å². The first-order chi connectivity index (χ1) is 12.2. The number of rotatable bonds is 5. The summed E-state index contributed by atoms with van der Waals surface area (Å²) >= 11 is 0. The van der Waals surface area contributed by atoms with E-state index in [9.17, 15) is 4.79 Å². The smallest absolute Gasteiger partial charge is 0.260 e. The lowest BCUT2D eigenvalue weighted by molar-refractivity contribution is -0.132. The van der Waals surface area contributed by atoms with Gasteiger partial charge in [0.25, 0.3) is 11.8 Å². The molecular weight excluding hydrogens is 320 g/mol. The summed E-state index contributed by atoms with van der Waals surface area (Å²) in [5.74, 6) is 0.788. The number of hydrogen-bond donors (Lipinski definition) is 0. The van der Waals surface area contributed by atoms with E-state index in [0.29, 0.717) is 25.3 Å². The highest BCUT2D eigenvalue weighted by Gasteiger charge is 2.28. The number of hydrogen-bond acceptors (Lipinski definition) is 6. The standard InChI is InChI=1S/C18H18N4O3/c1-13-2-4-14(5-3-13)24-12-17(23)22-9-6-15(11-22)25-18-16(10-19)20-7-8-21-18/h2-5,7-8,15H,6,9,11-12H2,1H3. The predicted molar refractivity (Wildman–Crippen MR) is 89.0 cm³/mol. The zero-order valence-electron chi connectivity index (χ0n) is 13.9. The van der Waals surface area contributed by atoms with Gasteiger partial charge in [0.2, 0.25) is 5.69 Å². The van der Waals surface area contributed by atoms with E-state index in [2.05, 4.69) is 9.97 Å². The molecule has 1 saturated heterocycles. The molecular formula is C18H18N4O3. The van der Waals surface area contributed by atoms with E-state index in [-0.39, 0.29) is 30.2 Å². The number of likely N-dealkylation sites (tertiary alicyclic amines) is 1. The molecule has 2 heterocycles. The minimum atomic E-state index is -0.202. The van der Waals surface area contributed by atoms with Crippen LogP contribution in [-0.4, -0.2) is 46.6 Å². The van der Waals surface area contributed by atoms with E-state index in [1.807, 2.05) is 37.3 Å². The Kier molecular flexibility index (Phi) is 5.09. The minimum absolute atomic E-state index is 0.00955. The van der Waals surface area contributed by atoms with Gasteiger partial charge >= 0.3 is 0 Å². The van der Waals surface area contributed by atoms with Gasteiger partial charge in [-0.2, -0.15) is 5.26 Å². The molecule has 1 aliphatic heterocycles. The maximum atomic E-state index is 12.3. The van der Waals surface area contributed by atoms with Gasteiger partial charge in [-0.1, -0.05) is 17.7 Å². The Hall–Kier alpha value is -3.14. The first-order valence-electron chi connectivity index (χ1n) is 8.00. The maximum Gasteiger partial charge on any atom is 0.260 e. The molecule has 0 spiro atoms. The van der Waals surface area contributed by atoms with E-state index >= 15 is 0 Å². The molecule has 1 amide bonds. The van der Waals surface area contributed by atoms with Gasteiger partial charge in [-0.3, -0.25) is 4.79 Å².